The van der Waals surface area contributed by atoms with Crippen LogP contribution in [0.25, 0.3) is 0 Å². The van der Waals surface area contributed by atoms with Crippen molar-refractivity contribution < 1.29 is 18.0 Å². The van der Waals surface area contributed by atoms with Gasteiger partial charge in [-0.25, -0.2) is 8.42 Å². The van der Waals surface area contributed by atoms with Crippen molar-refractivity contribution in [3.63, 3.8) is 0 Å². The fraction of sp³-hybridized carbons (Fsp3) is 0.286. The molecule has 0 fully saturated rings. The normalized spacial score (nSPS) is 12.1. The maximum atomic E-state index is 13.9. The molecule has 9 heteroatoms. The fourth-order valence-corrected chi connectivity index (χ4v) is 5.66. The molecule has 2 amide bonds. The monoisotopic (exact) mass is 541 g/mol. The molecule has 0 saturated heterocycles. The summed E-state index contributed by atoms with van der Waals surface area (Å²) in [6.07, 6.45) is 0. The molecule has 1 atom stereocenters. The highest BCUT2D eigenvalue weighted by Gasteiger charge is 2.33. The third kappa shape index (κ3) is 6.50. The second-order valence-electron chi connectivity index (χ2n) is 9.01. The zero-order chi connectivity index (χ0) is 27.3. The molecule has 196 valence electrons. The summed E-state index contributed by atoms with van der Waals surface area (Å²) < 4.78 is 28.8. The SMILES string of the molecule is CNC(=O)C(C)N(Cc1cccc(C)c1)C(=O)CN(c1cccc(Cl)c1C)S(=O)(=O)c1ccc(C)cc1. The van der Waals surface area contributed by atoms with Crippen LogP contribution in [0, 0.1) is 20.8 Å². The Kier molecular flexibility index (Phi) is 8.99. The molecular weight excluding hydrogens is 510 g/mol. The van der Waals surface area contributed by atoms with Crippen molar-refractivity contribution in [2.75, 3.05) is 17.9 Å². The first-order chi connectivity index (χ1) is 17.4. The van der Waals surface area contributed by atoms with Gasteiger partial charge in [-0.15, -0.1) is 0 Å². The first kappa shape index (κ1) is 28.2. The minimum Gasteiger partial charge on any atom is -0.357 e. The van der Waals surface area contributed by atoms with Gasteiger partial charge in [0.05, 0.1) is 10.6 Å². The Balaban J connectivity index is 2.08. The maximum absolute atomic E-state index is 13.9. The summed E-state index contributed by atoms with van der Waals surface area (Å²) in [5.41, 5.74) is 3.57. The second kappa shape index (κ2) is 11.8. The number of halogens is 1. The van der Waals surface area contributed by atoms with Crippen LogP contribution in [0.15, 0.2) is 71.6 Å². The lowest BCUT2D eigenvalue weighted by Gasteiger charge is -2.32. The number of aryl methyl sites for hydroxylation is 2. The van der Waals surface area contributed by atoms with Crippen molar-refractivity contribution in [2.24, 2.45) is 0 Å². The van der Waals surface area contributed by atoms with Gasteiger partial charge >= 0.3 is 0 Å². The molecule has 0 radical (unpaired) electrons. The summed E-state index contributed by atoms with van der Waals surface area (Å²) in [6, 6.07) is 18.1. The van der Waals surface area contributed by atoms with Gasteiger partial charge in [-0.05, 0) is 63.1 Å². The summed E-state index contributed by atoms with van der Waals surface area (Å²) in [4.78, 5) is 27.8. The zero-order valence-electron chi connectivity index (χ0n) is 21.7. The van der Waals surface area contributed by atoms with Crippen molar-refractivity contribution in [2.45, 2.75) is 45.2 Å². The molecule has 0 aliphatic carbocycles. The van der Waals surface area contributed by atoms with Crippen LogP contribution in [0.5, 0.6) is 0 Å². The van der Waals surface area contributed by atoms with Crippen molar-refractivity contribution in [1.29, 1.82) is 0 Å². The van der Waals surface area contributed by atoms with E-state index in [0.29, 0.717) is 16.3 Å². The smallest absolute Gasteiger partial charge is 0.264 e. The van der Waals surface area contributed by atoms with Gasteiger partial charge in [0, 0.05) is 18.6 Å². The number of rotatable bonds is 9. The van der Waals surface area contributed by atoms with Crippen molar-refractivity contribution >= 4 is 39.1 Å². The molecule has 0 heterocycles. The molecular formula is C28H32ClN3O4S. The van der Waals surface area contributed by atoms with Crippen LogP contribution in [0.1, 0.15) is 29.2 Å². The molecule has 0 spiro atoms. The van der Waals surface area contributed by atoms with Crippen LogP contribution in [-0.4, -0.2) is 44.8 Å². The zero-order valence-corrected chi connectivity index (χ0v) is 23.2. The topological polar surface area (TPSA) is 86.8 Å². The number of carbonyl (C=O) groups excluding carboxylic acids is 2. The van der Waals surface area contributed by atoms with E-state index >= 15 is 0 Å². The molecule has 3 aromatic rings. The molecule has 0 saturated carbocycles. The van der Waals surface area contributed by atoms with Crippen molar-refractivity contribution in [1.82, 2.24) is 10.2 Å². The van der Waals surface area contributed by atoms with E-state index in [4.69, 9.17) is 11.6 Å². The summed E-state index contributed by atoms with van der Waals surface area (Å²) in [5, 5.41) is 2.96. The molecule has 1 N–H and O–H groups in total. The Morgan fingerprint density at radius 2 is 1.59 bits per heavy atom. The predicted octanol–water partition coefficient (Wildman–Crippen LogP) is 4.62. The number of amides is 2. The Morgan fingerprint density at radius 3 is 2.22 bits per heavy atom. The molecule has 0 aliphatic rings. The molecule has 0 aliphatic heterocycles. The van der Waals surface area contributed by atoms with Gasteiger partial charge in [-0.3, -0.25) is 13.9 Å². The minimum absolute atomic E-state index is 0.0508. The largest absolute Gasteiger partial charge is 0.357 e. The van der Waals surface area contributed by atoms with E-state index in [1.54, 1.807) is 44.2 Å². The standard InChI is InChI=1S/C28H32ClN3O4S/c1-19-12-14-24(15-13-19)37(35,36)32(26-11-7-10-25(29)21(26)3)18-27(33)31(22(4)28(34)30-5)17-23-9-6-8-20(2)16-23/h6-16,22H,17-18H2,1-5H3,(H,30,34). The highest BCUT2D eigenvalue weighted by Crippen LogP contribution is 2.31. The summed E-state index contributed by atoms with van der Waals surface area (Å²) in [6.45, 7) is 6.76. The number of likely N-dealkylation sites (N-methyl/N-ethyl adjacent to an activating group) is 1. The van der Waals surface area contributed by atoms with Crippen molar-refractivity contribution in [3.8, 4) is 0 Å². The van der Waals surface area contributed by atoms with Crippen LogP contribution in [0.3, 0.4) is 0 Å². The van der Waals surface area contributed by atoms with Gasteiger partial charge in [0.2, 0.25) is 11.8 Å². The number of carbonyl (C=O) groups is 2. The Hall–Kier alpha value is -3.36. The number of nitrogens with one attached hydrogen (secondary N) is 1. The van der Waals surface area contributed by atoms with Gasteiger partial charge in [0.25, 0.3) is 10.0 Å². The number of nitrogens with zero attached hydrogens (tertiary/aromatic N) is 2. The number of benzene rings is 3. The number of sulfonamides is 1. The van der Waals surface area contributed by atoms with E-state index in [2.05, 4.69) is 5.32 Å². The van der Waals surface area contributed by atoms with Gasteiger partial charge in [-0.1, -0.05) is 65.2 Å². The van der Waals surface area contributed by atoms with Gasteiger partial charge in [0.15, 0.2) is 0 Å². The average Bonchev–Trinajstić information content (AvgIpc) is 2.87. The summed E-state index contributed by atoms with van der Waals surface area (Å²) in [5.74, 6) is -0.874. The quantitative estimate of drug-likeness (QED) is 0.428. The van der Waals surface area contributed by atoms with E-state index < -0.39 is 28.5 Å². The molecule has 0 aromatic heterocycles. The lowest BCUT2D eigenvalue weighted by atomic mass is 10.1. The minimum atomic E-state index is -4.14. The van der Waals surface area contributed by atoms with Crippen LogP contribution in [0.2, 0.25) is 5.02 Å². The molecule has 7 nitrogen and oxygen atoms in total. The summed E-state index contributed by atoms with van der Waals surface area (Å²) in [7, 11) is -2.65. The van der Waals surface area contributed by atoms with Crippen LogP contribution in [0.4, 0.5) is 5.69 Å². The van der Waals surface area contributed by atoms with Crippen LogP contribution in [-0.2, 0) is 26.2 Å². The lowest BCUT2D eigenvalue weighted by Crippen LogP contribution is -2.50. The Bertz CT molecular complexity index is 1390. The fourth-order valence-electron chi connectivity index (χ4n) is 4.02. The lowest BCUT2D eigenvalue weighted by molar-refractivity contribution is -0.139. The number of anilines is 1. The molecule has 37 heavy (non-hydrogen) atoms. The van der Waals surface area contributed by atoms with E-state index in [1.165, 1.54) is 24.1 Å². The van der Waals surface area contributed by atoms with Crippen LogP contribution >= 0.6 is 11.6 Å². The van der Waals surface area contributed by atoms with Gasteiger partial charge in [0.1, 0.15) is 12.6 Å². The predicted molar refractivity (Wildman–Crippen MR) is 147 cm³/mol. The highest BCUT2D eigenvalue weighted by molar-refractivity contribution is 7.92. The van der Waals surface area contributed by atoms with Crippen molar-refractivity contribution in [3.05, 3.63) is 94.0 Å². The number of hydrogen-bond donors (Lipinski definition) is 1. The van der Waals surface area contributed by atoms with E-state index in [9.17, 15) is 18.0 Å². The van der Waals surface area contributed by atoms with E-state index in [-0.39, 0.29) is 17.3 Å². The van der Waals surface area contributed by atoms with Gasteiger partial charge < -0.3 is 10.2 Å². The Morgan fingerprint density at radius 1 is 0.946 bits per heavy atom. The first-order valence-corrected chi connectivity index (χ1v) is 13.7. The third-order valence-corrected chi connectivity index (χ3v) is 8.43. The third-order valence-electron chi connectivity index (χ3n) is 6.24. The second-order valence-corrected chi connectivity index (χ2v) is 11.3. The van der Waals surface area contributed by atoms with E-state index in [0.717, 1.165) is 21.0 Å². The van der Waals surface area contributed by atoms with E-state index in [1.807, 2.05) is 38.1 Å². The number of hydrogen-bond acceptors (Lipinski definition) is 4. The maximum Gasteiger partial charge on any atom is 0.264 e. The molecule has 0 bridgehead atoms. The summed E-state index contributed by atoms with van der Waals surface area (Å²) >= 11 is 6.34. The molecule has 3 aromatic carbocycles. The Labute approximate surface area is 224 Å². The average molecular weight is 542 g/mol. The molecule has 1 unspecified atom stereocenters. The van der Waals surface area contributed by atoms with Gasteiger partial charge in [-0.2, -0.15) is 0 Å². The highest BCUT2D eigenvalue weighted by atomic mass is 35.5. The first-order valence-electron chi connectivity index (χ1n) is 11.9. The molecule has 3 rings (SSSR count). The van der Waals surface area contributed by atoms with Crippen LogP contribution < -0.4 is 9.62 Å².